The molecule has 0 spiro atoms. The van der Waals surface area contributed by atoms with Crippen molar-refractivity contribution in [3.8, 4) is 5.75 Å². The summed E-state index contributed by atoms with van der Waals surface area (Å²) in [5, 5.41) is 3.16. The minimum absolute atomic E-state index is 0.168. The fourth-order valence-electron chi connectivity index (χ4n) is 1.73. The highest BCUT2D eigenvalue weighted by Crippen LogP contribution is 2.21. The normalized spacial score (nSPS) is 10.2. The van der Waals surface area contributed by atoms with Crippen molar-refractivity contribution in [1.29, 1.82) is 0 Å². The number of carbonyl (C=O) groups excluding carboxylic acids is 1. The number of carbonyl (C=O) groups is 1. The Kier molecular flexibility index (Phi) is 5.16. The standard InChI is InChI=1S/C15H14BrFN2O2/c16-14-5-4-11(17)6-10(14)8-19-12-2-1-3-13(7-12)21-9-15(18)20/h1-7,19H,8-9H2,(H2,18,20). The van der Waals surface area contributed by atoms with Crippen LogP contribution in [0.5, 0.6) is 5.75 Å². The molecule has 2 aromatic rings. The molecule has 3 N–H and O–H groups in total. The molecule has 0 unspecified atom stereocenters. The number of primary amides is 1. The van der Waals surface area contributed by atoms with E-state index in [1.54, 1.807) is 24.3 Å². The van der Waals surface area contributed by atoms with Gasteiger partial charge in [0.1, 0.15) is 11.6 Å². The van der Waals surface area contributed by atoms with E-state index < -0.39 is 5.91 Å². The van der Waals surface area contributed by atoms with E-state index in [0.717, 1.165) is 15.7 Å². The van der Waals surface area contributed by atoms with Crippen LogP contribution in [0.1, 0.15) is 5.56 Å². The van der Waals surface area contributed by atoms with Crippen molar-refractivity contribution >= 4 is 27.5 Å². The summed E-state index contributed by atoms with van der Waals surface area (Å²) < 4.78 is 19.3. The molecule has 21 heavy (non-hydrogen) atoms. The van der Waals surface area contributed by atoms with Gasteiger partial charge in [0.15, 0.2) is 6.61 Å². The third-order valence-electron chi connectivity index (χ3n) is 2.71. The molecular formula is C15H14BrFN2O2. The molecule has 0 atom stereocenters. The average molecular weight is 353 g/mol. The number of hydrogen-bond acceptors (Lipinski definition) is 3. The Labute approximate surface area is 130 Å². The second-order valence-corrected chi connectivity index (χ2v) is 5.23. The average Bonchev–Trinajstić information content (AvgIpc) is 2.46. The number of benzene rings is 2. The van der Waals surface area contributed by atoms with Crippen molar-refractivity contribution in [3.63, 3.8) is 0 Å². The fourth-order valence-corrected chi connectivity index (χ4v) is 2.11. The van der Waals surface area contributed by atoms with Gasteiger partial charge in [-0.15, -0.1) is 0 Å². The number of rotatable bonds is 6. The van der Waals surface area contributed by atoms with Gasteiger partial charge in [0, 0.05) is 22.8 Å². The summed E-state index contributed by atoms with van der Waals surface area (Å²) in [5.41, 5.74) is 6.63. The smallest absolute Gasteiger partial charge is 0.255 e. The third-order valence-corrected chi connectivity index (χ3v) is 3.48. The predicted molar refractivity (Wildman–Crippen MR) is 82.6 cm³/mol. The predicted octanol–water partition coefficient (Wildman–Crippen LogP) is 3.06. The second-order valence-electron chi connectivity index (χ2n) is 4.37. The zero-order chi connectivity index (χ0) is 15.2. The second kappa shape index (κ2) is 7.08. The third kappa shape index (κ3) is 4.75. The van der Waals surface area contributed by atoms with Crippen LogP contribution in [0.25, 0.3) is 0 Å². The van der Waals surface area contributed by atoms with Gasteiger partial charge in [-0.05, 0) is 35.9 Å². The quantitative estimate of drug-likeness (QED) is 0.839. The monoisotopic (exact) mass is 352 g/mol. The summed E-state index contributed by atoms with van der Waals surface area (Å²) in [6.45, 7) is 0.288. The molecule has 0 aliphatic rings. The Morgan fingerprint density at radius 2 is 2.10 bits per heavy atom. The highest BCUT2D eigenvalue weighted by atomic mass is 79.9. The summed E-state index contributed by atoms with van der Waals surface area (Å²) in [6, 6.07) is 11.6. The number of ether oxygens (including phenoxy) is 1. The van der Waals surface area contributed by atoms with E-state index in [1.807, 2.05) is 6.07 Å². The number of amides is 1. The van der Waals surface area contributed by atoms with Crippen molar-refractivity contribution in [1.82, 2.24) is 0 Å². The van der Waals surface area contributed by atoms with Crippen molar-refractivity contribution in [3.05, 3.63) is 58.3 Å². The molecule has 0 radical (unpaired) electrons. The molecule has 0 bridgehead atoms. The van der Waals surface area contributed by atoms with Crippen LogP contribution in [0.2, 0.25) is 0 Å². The van der Waals surface area contributed by atoms with Crippen molar-refractivity contribution in [2.24, 2.45) is 5.73 Å². The Morgan fingerprint density at radius 3 is 2.86 bits per heavy atom. The molecule has 110 valence electrons. The lowest BCUT2D eigenvalue weighted by Crippen LogP contribution is -2.20. The highest BCUT2D eigenvalue weighted by Gasteiger charge is 2.03. The maximum Gasteiger partial charge on any atom is 0.255 e. The van der Waals surface area contributed by atoms with Crippen LogP contribution in [0.15, 0.2) is 46.9 Å². The van der Waals surface area contributed by atoms with Crippen LogP contribution in [0.3, 0.4) is 0 Å². The van der Waals surface area contributed by atoms with Crippen LogP contribution in [0.4, 0.5) is 10.1 Å². The number of anilines is 1. The first-order chi connectivity index (χ1) is 10.0. The van der Waals surface area contributed by atoms with E-state index in [-0.39, 0.29) is 12.4 Å². The van der Waals surface area contributed by atoms with Crippen molar-refractivity contribution in [2.75, 3.05) is 11.9 Å². The molecule has 2 rings (SSSR count). The van der Waals surface area contributed by atoms with E-state index in [9.17, 15) is 9.18 Å². The van der Waals surface area contributed by atoms with Gasteiger partial charge in [0.25, 0.3) is 5.91 Å². The molecule has 0 fully saturated rings. The maximum atomic E-state index is 13.2. The van der Waals surface area contributed by atoms with Gasteiger partial charge >= 0.3 is 0 Å². The highest BCUT2D eigenvalue weighted by molar-refractivity contribution is 9.10. The van der Waals surface area contributed by atoms with Gasteiger partial charge in [-0.1, -0.05) is 22.0 Å². The molecule has 0 saturated carbocycles. The first kappa shape index (κ1) is 15.3. The molecule has 0 saturated heterocycles. The molecule has 0 aliphatic carbocycles. The summed E-state index contributed by atoms with van der Waals surface area (Å²) in [6.07, 6.45) is 0. The summed E-state index contributed by atoms with van der Waals surface area (Å²) >= 11 is 3.38. The van der Waals surface area contributed by atoms with Crippen LogP contribution >= 0.6 is 15.9 Å². The molecule has 2 aromatic carbocycles. The van der Waals surface area contributed by atoms with Gasteiger partial charge in [-0.2, -0.15) is 0 Å². The minimum Gasteiger partial charge on any atom is -0.484 e. The zero-order valence-electron chi connectivity index (χ0n) is 11.1. The molecular weight excluding hydrogens is 339 g/mol. The maximum absolute atomic E-state index is 13.2. The molecule has 0 aromatic heterocycles. The van der Waals surface area contributed by atoms with Gasteiger partial charge < -0.3 is 15.8 Å². The lowest BCUT2D eigenvalue weighted by Gasteiger charge is -2.10. The largest absolute Gasteiger partial charge is 0.484 e. The van der Waals surface area contributed by atoms with E-state index in [4.69, 9.17) is 10.5 Å². The van der Waals surface area contributed by atoms with E-state index >= 15 is 0 Å². The number of nitrogens with two attached hydrogens (primary N) is 1. The molecule has 0 aliphatic heterocycles. The number of nitrogens with one attached hydrogen (secondary N) is 1. The van der Waals surface area contributed by atoms with Crippen LogP contribution < -0.4 is 15.8 Å². The van der Waals surface area contributed by atoms with Gasteiger partial charge in [0.05, 0.1) is 0 Å². The Hall–Kier alpha value is -2.08. The number of halogens is 2. The minimum atomic E-state index is -0.531. The summed E-state index contributed by atoms with van der Waals surface area (Å²) in [7, 11) is 0. The summed E-state index contributed by atoms with van der Waals surface area (Å²) in [5.74, 6) is -0.275. The van der Waals surface area contributed by atoms with Crippen LogP contribution in [-0.4, -0.2) is 12.5 Å². The first-order valence-corrected chi connectivity index (χ1v) is 7.03. The SMILES string of the molecule is NC(=O)COc1cccc(NCc2cc(F)ccc2Br)c1. The van der Waals surface area contributed by atoms with Crippen LogP contribution in [-0.2, 0) is 11.3 Å². The zero-order valence-corrected chi connectivity index (χ0v) is 12.7. The topological polar surface area (TPSA) is 64.4 Å². The Balaban J connectivity index is 2.01. The fraction of sp³-hybridized carbons (Fsp3) is 0.133. The molecule has 0 heterocycles. The van der Waals surface area contributed by atoms with Crippen molar-refractivity contribution < 1.29 is 13.9 Å². The molecule has 6 heteroatoms. The Morgan fingerprint density at radius 1 is 1.29 bits per heavy atom. The van der Waals surface area contributed by atoms with Crippen LogP contribution in [0, 0.1) is 5.82 Å². The van der Waals surface area contributed by atoms with Crippen molar-refractivity contribution in [2.45, 2.75) is 6.54 Å². The first-order valence-electron chi connectivity index (χ1n) is 6.23. The lowest BCUT2D eigenvalue weighted by molar-refractivity contribution is -0.119. The van der Waals surface area contributed by atoms with E-state index in [1.165, 1.54) is 12.1 Å². The molecule has 1 amide bonds. The lowest BCUT2D eigenvalue weighted by atomic mass is 10.2. The van der Waals surface area contributed by atoms with Gasteiger partial charge in [0.2, 0.25) is 0 Å². The summed E-state index contributed by atoms with van der Waals surface area (Å²) in [4.78, 5) is 10.7. The van der Waals surface area contributed by atoms with E-state index in [0.29, 0.717) is 12.3 Å². The Bertz CT molecular complexity index is 649. The van der Waals surface area contributed by atoms with Gasteiger partial charge in [-0.3, -0.25) is 4.79 Å². The molecule has 4 nitrogen and oxygen atoms in total. The number of hydrogen-bond donors (Lipinski definition) is 2. The van der Waals surface area contributed by atoms with E-state index in [2.05, 4.69) is 21.2 Å². The van der Waals surface area contributed by atoms with Gasteiger partial charge in [-0.25, -0.2) is 4.39 Å².